The Labute approximate surface area is 269 Å². The molecule has 1 atom stereocenters. The molecule has 1 unspecified atom stereocenters. The van der Waals surface area contributed by atoms with Gasteiger partial charge in [0.25, 0.3) is 5.91 Å². The van der Waals surface area contributed by atoms with E-state index in [2.05, 4.69) is 30.9 Å². The van der Waals surface area contributed by atoms with Crippen LogP contribution in [0.15, 0.2) is 84.2 Å². The normalized spacial score (nSPS) is 13.4. The molecule has 0 spiro atoms. The van der Waals surface area contributed by atoms with E-state index in [4.69, 9.17) is 16.3 Å². The number of anilines is 1. The number of aromatic nitrogens is 5. The highest BCUT2D eigenvalue weighted by atomic mass is 35.5. The van der Waals surface area contributed by atoms with Gasteiger partial charge in [0.1, 0.15) is 23.8 Å². The summed E-state index contributed by atoms with van der Waals surface area (Å²) in [6.45, 7) is 1.16. The third-order valence-corrected chi connectivity index (χ3v) is 7.99. The van der Waals surface area contributed by atoms with E-state index in [1.807, 2.05) is 37.4 Å². The molecule has 1 aliphatic heterocycles. The highest BCUT2D eigenvalue weighted by Gasteiger charge is 2.25. The molecule has 46 heavy (non-hydrogen) atoms. The molecule has 2 amide bonds. The summed E-state index contributed by atoms with van der Waals surface area (Å²) in [4.78, 5) is 31.4. The van der Waals surface area contributed by atoms with Gasteiger partial charge in [0.15, 0.2) is 5.82 Å². The summed E-state index contributed by atoms with van der Waals surface area (Å²) in [5.41, 5.74) is 4.42. The number of halogens is 1. The van der Waals surface area contributed by atoms with Crippen LogP contribution >= 0.6 is 11.6 Å². The first-order valence-corrected chi connectivity index (χ1v) is 15.0. The molecule has 3 heterocycles. The smallest absolute Gasteiger partial charge is 0.270 e. The van der Waals surface area contributed by atoms with Crippen LogP contribution in [0.3, 0.4) is 0 Å². The van der Waals surface area contributed by atoms with Crippen molar-refractivity contribution >= 4 is 35.0 Å². The summed E-state index contributed by atoms with van der Waals surface area (Å²) in [6.07, 6.45) is 4.05. The van der Waals surface area contributed by atoms with Crippen molar-refractivity contribution in [2.75, 3.05) is 18.5 Å². The van der Waals surface area contributed by atoms with Crippen molar-refractivity contribution in [2.24, 2.45) is 19.1 Å². The summed E-state index contributed by atoms with van der Waals surface area (Å²) in [7, 11) is 3.50. The number of aromatic hydroxyl groups is 1. The topological polar surface area (TPSA) is 149 Å². The van der Waals surface area contributed by atoms with E-state index in [0.29, 0.717) is 52.4 Å². The molecule has 3 N–H and O–H groups in total. The highest BCUT2D eigenvalue weighted by molar-refractivity contribution is 6.31. The zero-order valence-electron chi connectivity index (χ0n) is 25.1. The van der Waals surface area contributed by atoms with Gasteiger partial charge in [0.2, 0.25) is 11.8 Å². The zero-order valence-corrected chi connectivity index (χ0v) is 25.9. The molecule has 0 bridgehead atoms. The lowest BCUT2D eigenvalue weighted by Crippen LogP contribution is -2.45. The lowest BCUT2D eigenvalue weighted by Gasteiger charge is -2.20. The number of phenolic OH excluding ortho intramolecular Hbond substituents is 1. The van der Waals surface area contributed by atoms with Gasteiger partial charge in [-0.1, -0.05) is 23.7 Å². The molecule has 3 aromatic carbocycles. The minimum absolute atomic E-state index is 0.0674. The van der Waals surface area contributed by atoms with Gasteiger partial charge in [-0.2, -0.15) is 5.10 Å². The summed E-state index contributed by atoms with van der Waals surface area (Å²) in [5.74, 6) is 0.273. The first-order chi connectivity index (χ1) is 22.3. The van der Waals surface area contributed by atoms with E-state index in [0.717, 1.165) is 23.1 Å². The fourth-order valence-electron chi connectivity index (χ4n) is 5.15. The molecule has 0 fully saturated rings. The summed E-state index contributed by atoms with van der Waals surface area (Å²) in [5, 5.41) is 28.8. The van der Waals surface area contributed by atoms with Gasteiger partial charge in [-0.15, -0.1) is 10.2 Å². The molecule has 0 radical (unpaired) electrons. The number of hydrogen-bond acceptors (Lipinski definition) is 8. The Morgan fingerprint density at radius 3 is 2.48 bits per heavy atom. The molecule has 2 aromatic heterocycles. The number of aryl methyl sites for hydroxylation is 2. The first-order valence-electron chi connectivity index (χ1n) is 14.6. The fraction of sp³-hybridized carbons (Fsp3) is 0.212. The third-order valence-electron chi connectivity index (χ3n) is 7.62. The van der Waals surface area contributed by atoms with E-state index in [1.165, 1.54) is 10.9 Å². The molecule has 0 aliphatic carbocycles. The van der Waals surface area contributed by atoms with Crippen LogP contribution in [0, 0.1) is 0 Å². The lowest BCUT2D eigenvalue weighted by molar-refractivity contribution is -0.118. The van der Waals surface area contributed by atoms with Crippen molar-refractivity contribution in [3.8, 4) is 28.3 Å². The maximum atomic E-state index is 13.7. The van der Waals surface area contributed by atoms with E-state index < -0.39 is 17.9 Å². The van der Waals surface area contributed by atoms with Crippen molar-refractivity contribution in [3.63, 3.8) is 0 Å². The second-order valence-corrected chi connectivity index (χ2v) is 11.2. The summed E-state index contributed by atoms with van der Waals surface area (Å²) >= 11 is 6.66. The van der Waals surface area contributed by atoms with Crippen LogP contribution in [-0.4, -0.2) is 66.6 Å². The number of nitrogens with one attached hydrogen (secondary N) is 2. The fourth-order valence-corrected chi connectivity index (χ4v) is 5.35. The predicted molar refractivity (Wildman–Crippen MR) is 174 cm³/mol. The number of benzene rings is 3. The number of ether oxygens (including phenoxy) is 1. The van der Waals surface area contributed by atoms with Crippen LogP contribution in [0.2, 0.25) is 5.02 Å². The van der Waals surface area contributed by atoms with Crippen molar-refractivity contribution in [1.82, 2.24) is 29.9 Å². The second kappa shape index (κ2) is 13.2. The predicted octanol–water partition coefficient (Wildman–Crippen LogP) is 4.39. The van der Waals surface area contributed by atoms with Crippen LogP contribution in [-0.2, 0) is 30.0 Å². The Balaban J connectivity index is 1.27. The van der Waals surface area contributed by atoms with Gasteiger partial charge in [0, 0.05) is 56.0 Å². The van der Waals surface area contributed by atoms with Gasteiger partial charge in [0.05, 0.1) is 12.2 Å². The van der Waals surface area contributed by atoms with E-state index >= 15 is 0 Å². The van der Waals surface area contributed by atoms with Crippen molar-refractivity contribution < 1.29 is 19.4 Å². The molecular formula is C33H31ClN8O4. The standard InChI is InChI=1S/C33H31ClN8O4/c1-41-19-36-40-30(41)20-4-8-24(9-5-20)38-31(44)27(39-32(45)28-12-14-37-42(28)2)18-23-16-21(6-10-26(23)34)22-7-11-29(43)25(17-22)33-35-13-3-15-46-33/h4-12,14,16-17,19,27,43H,3,13,15,18H2,1-2H3,(H,38,44)(H,39,45). The van der Waals surface area contributed by atoms with Crippen LogP contribution in [0.25, 0.3) is 22.5 Å². The highest BCUT2D eigenvalue weighted by Crippen LogP contribution is 2.31. The molecule has 6 rings (SSSR count). The number of nitrogens with zero attached hydrogens (tertiary/aromatic N) is 6. The quantitative estimate of drug-likeness (QED) is 0.217. The Morgan fingerprint density at radius 2 is 1.78 bits per heavy atom. The van der Waals surface area contributed by atoms with Gasteiger partial charge in [-0.25, -0.2) is 0 Å². The Kier molecular flexibility index (Phi) is 8.79. The van der Waals surface area contributed by atoms with Gasteiger partial charge < -0.3 is 25.0 Å². The first kappa shape index (κ1) is 30.5. The van der Waals surface area contributed by atoms with Crippen molar-refractivity contribution in [3.05, 3.63) is 101 Å². The van der Waals surface area contributed by atoms with Gasteiger partial charge in [-0.05, 0) is 71.3 Å². The van der Waals surface area contributed by atoms with Crippen LogP contribution in [0.4, 0.5) is 5.69 Å². The molecule has 13 heteroatoms. The monoisotopic (exact) mass is 638 g/mol. The van der Waals surface area contributed by atoms with Crippen LogP contribution in [0.1, 0.15) is 28.0 Å². The average molecular weight is 639 g/mol. The van der Waals surface area contributed by atoms with E-state index in [-0.39, 0.29) is 12.2 Å². The zero-order chi connectivity index (χ0) is 32.2. The number of rotatable bonds is 9. The van der Waals surface area contributed by atoms with Crippen LogP contribution in [0.5, 0.6) is 5.75 Å². The number of carbonyl (C=O) groups excluding carboxylic acids is 2. The Hall–Kier alpha value is -5.49. The maximum Gasteiger partial charge on any atom is 0.270 e. The maximum absolute atomic E-state index is 13.7. The van der Waals surface area contributed by atoms with Crippen molar-refractivity contribution in [2.45, 2.75) is 18.9 Å². The van der Waals surface area contributed by atoms with Gasteiger partial charge >= 0.3 is 0 Å². The minimum Gasteiger partial charge on any atom is -0.507 e. The molecule has 5 aromatic rings. The number of amides is 2. The number of phenols is 1. The molecule has 12 nitrogen and oxygen atoms in total. The average Bonchev–Trinajstić information content (AvgIpc) is 3.70. The molecule has 1 aliphatic rings. The molecule has 234 valence electrons. The minimum atomic E-state index is -0.992. The van der Waals surface area contributed by atoms with E-state index in [9.17, 15) is 14.7 Å². The lowest BCUT2D eigenvalue weighted by atomic mass is 9.97. The Bertz CT molecular complexity index is 1930. The summed E-state index contributed by atoms with van der Waals surface area (Å²) in [6, 6.07) is 18.4. The third kappa shape index (κ3) is 6.61. The number of carbonyl (C=O) groups is 2. The largest absolute Gasteiger partial charge is 0.507 e. The van der Waals surface area contributed by atoms with Crippen molar-refractivity contribution in [1.29, 1.82) is 0 Å². The molecule has 0 saturated carbocycles. The van der Waals surface area contributed by atoms with E-state index in [1.54, 1.807) is 54.3 Å². The molecule has 0 saturated heterocycles. The second-order valence-electron chi connectivity index (χ2n) is 10.8. The number of hydrogen-bond donors (Lipinski definition) is 3. The SMILES string of the molecule is Cn1cnnc1-c1ccc(NC(=O)C(Cc2cc(-c3ccc(O)c(C4=NCCCO4)c3)ccc2Cl)NC(=O)c2ccnn2C)cc1. The number of aliphatic imine (C=N–C) groups is 1. The van der Waals surface area contributed by atoms with Crippen LogP contribution < -0.4 is 10.6 Å². The Morgan fingerprint density at radius 1 is 1.02 bits per heavy atom. The molecular weight excluding hydrogens is 608 g/mol. The van der Waals surface area contributed by atoms with Gasteiger partial charge in [-0.3, -0.25) is 19.3 Å². The summed E-state index contributed by atoms with van der Waals surface area (Å²) < 4.78 is 8.92.